The van der Waals surface area contributed by atoms with Gasteiger partial charge in [0.25, 0.3) is 0 Å². The molecule has 1 aromatic carbocycles. The van der Waals surface area contributed by atoms with E-state index in [4.69, 9.17) is 11.6 Å². The molecule has 2 rings (SSSR count). The lowest BCUT2D eigenvalue weighted by atomic mass is 10.1. The average molecular weight is 278 g/mol. The second kappa shape index (κ2) is 6.22. The van der Waals surface area contributed by atoms with Crippen LogP contribution in [0, 0.1) is 6.92 Å². The quantitative estimate of drug-likeness (QED) is 0.898. The van der Waals surface area contributed by atoms with Gasteiger partial charge in [-0.2, -0.15) is 5.10 Å². The van der Waals surface area contributed by atoms with Gasteiger partial charge in [0, 0.05) is 12.2 Å². The highest BCUT2D eigenvalue weighted by atomic mass is 35.5. The zero-order chi connectivity index (χ0) is 13.8. The van der Waals surface area contributed by atoms with E-state index in [-0.39, 0.29) is 0 Å². The number of halogens is 1. The summed E-state index contributed by atoms with van der Waals surface area (Å²) in [5.41, 5.74) is 3.24. The number of hydrogen-bond acceptors (Lipinski definition) is 2. The molecule has 1 heterocycles. The minimum absolute atomic E-state index is 0.311. The fourth-order valence-electron chi connectivity index (χ4n) is 2.00. The third-order valence-electron chi connectivity index (χ3n) is 3.13. The normalized spacial score (nSPS) is 12.6. The van der Waals surface area contributed by atoms with Crippen LogP contribution in [0.4, 0.5) is 0 Å². The van der Waals surface area contributed by atoms with Crippen molar-refractivity contribution in [3.63, 3.8) is 0 Å². The number of aromatic nitrogens is 2. The minimum atomic E-state index is 0.311. The molecule has 0 aliphatic heterocycles. The highest BCUT2D eigenvalue weighted by molar-refractivity contribution is 6.32. The van der Waals surface area contributed by atoms with Crippen molar-refractivity contribution >= 4 is 11.6 Å². The van der Waals surface area contributed by atoms with Gasteiger partial charge in [-0.05, 0) is 50.1 Å². The topological polar surface area (TPSA) is 29.9 Å². The van der Waals surface area contributed by atoms with Gasteiger partial charge in [-0.1, -0.05) is 24.6 Å². The summed E-state index contributed by atoms with van der Waals surface area (Å²) in [4.78, 5) is 0. The summed E-state index contributed by atoms with van der Waals surface area (Å²) in [7, 11) is 0. The molecule has 1 atom stereocenters. The summed E-state index contributed by atoms with van der Waals surface area (Å²) < 4.78 is 1.81. The molecule has 102 valence electrons. The van der Waals surface area contributed by atoms with Crippen molar-refractivity contribution in [2.24, 2.45) is 0 Å². The van der Waals surface area contributed by atoms with Crippen LogP contribution in [0.1, 0.15) is 37.4 Å². The van der Waals surface area contributed by atoms with E-state index in [1.165, 1.54) is 5.56 Å². The summed E-state index contributed by atoms with van der Waals surface area (Å²) in [6.45, 7) is 7.34. The predicted octanol–water partition coefficient (Wildman–Crippen LogP) is 3.89. The third kappa shape index (κ3) is 3.37. The first-order chi connectivity index (χ1) is 9.11. The van der Waals surface area contributed by atoms with Crippen molar-refractivity contribution in [2.75, 3.05) is 6.54 Å². The molecule has 0 spiro atoms. The summed E-state index contributed by atoms with van der Waals surface area (Å²) >= 11 is 6.36. The molecule has 0 saturated heterocycles. The van der Waals surface area contributed by atoms with Crippen molar-refractivity contribution in [3.8, 4) is 5.69 Å². The predicted molar refractivity (Wildman–Crippen MR) is 80.0 cm³/mol. The van der Waals surface area contributed by atoms with Crippen LogP contribution in [-0.4, -0.2) is 16.3 Å². The Bertz CT molecular complexity index is 548. The third-order valence-corrected chi connectivity index (χ3v) is 3.43. The SMILES string of the molecule is CCCNC(C)c1ccc(-n2cc(C)cn2)c(Cl)c1. The maximum absolute atomic E-state index is 6.36. The average Bonchev–Trinajstić information content (AvgIpc) is 2.82. The van der Waals surface area contributed by atoms with Crippen molar-refractivity contribution in [1.82, 2.24) is 15.1 Å². The maximum atomic E-state index is 6.36. The number of nitrogens with one attached hydrogen (secondary N) is 1. The lowest BCUT2D eigenvalue weighted by Crippen LogP contribution is -2.19. The maximum Gasteiger partial charge on any atom is 0.0832 e. The Morgan fingerprint density at radius 3 is 2.79 bits per heavy atom. The largest absolute Gasteiger partial charge is 0.310 e. The summed E-state index contributed by atoms with van der Waals surface area (Å²) in [6, 6.07) is 6.45. The summed E-state index contributed by atoms with van der Waals surface area (Å²) in [6.07, 6.45) is 4.93. The first-order valence-corrected chi connectivity index (χ1v) is 7.04. The van der Waals surface area contributed by atoms with Crippen LogP contribution in [0.2, 0.25) is 5.02 Å². The fourth-order valence-corrected chi connectivity index (χ4v) is 2.28. The highest BCUT2D eigenvalue weighted by Crippen LogP contribution is 2.24. The van der Waals surface area contributed by atoms with E-state index in [1.54, 1.807) is 0 Å². The summed E-state index contributed by atoms with van der Waals surface area (Å²) in [5, 5.41) is 8.47. The molecule has 4 heteroatoms. The van der Waals surface area contributed by atoms with Gasteiger partial charge in [0.2, 0.25) is 0 Å². The molecule has 3 nitrogen and oxygen atoms in total. The first kappa shape index (κ1) is 14.1. The second-order valence-electron chi connectivity index (χ2n) is 4.85. The fraction of sp³-hybridized carbons (Fsp3) is 0.400. The van der Waals surface area contributed by atoms with Crippen LogP contribution in [0.3, 0.4) is 0 Å². The minimum Gasteiger partial charge on any atom is -0.310 e. The van der Waals surface area contributed by atoms with Gasteiger partial charge in [-0.25, -0.2) is 4.68 Å². The van der Waals surface area contributed by atoms with E-state index < -0.39 is 0 Å². The first-order valence-electron chi connectivity index (χ1n) is 6.66. The van der Waals surface area contributed by atoms with Gasteiger partial charge >= 0.3 is 0 Å². The molecule has 19 heavy (non-hydrogen) atoms. The van der Waals surface area contributed by atoms with Crippen molar-refractivity contribution in [2.45, 2.75) is 33.2 Å². The van der Waals surface area contributed by atoms with Crippen molar-refractivity contribution in [1.29, 1.82) is 0 Å². The Morgan fingerprint density at radius 2 is 2.21 bits per heavy atom. The molecule has 1 unspecified atom stereocenters. The Kier molecular flexibility index (Phi) is 4.61. The molecule has 1 aromatic heterocycles. The number of hydrogen-bond donors (Lipinski definition) is 1. The van der Waals surface area contributed by atoms with E-state index in [9.17, 15) is 0 Å². The van der Waals surface area contributed by atoms with Crippen molar-refractivity contribution in [3.05, 3.63) is 46.7 Å². The van der Waals surface area contributed by atoms with Crippen molar-refractivity contribution < 1.29 is 0 Å². The number of benzene rings is 1. The van der Waals surface area contributed by atoms with E-state index >= 15 is 0 Å². The lowest BCUT2D eigenvalue weighted by molar-refractivity contribution is 0.570. The molecule has 0 amide bonds. The van der Waals surface area contributed by atoms with E-state index in [2.05, 4.69) is 30.3 Å². The molecule has 0 aliphatic carbocycles. The number of aryl methyl sites for hydroxylation is 1. The van der Waals surface area contributed by atoms with E-state index in [1.807, 2.05) is 36.1 Å². The Morgan fingerprint density at radius 1 is 1.42 bits per heavy atom. The van der Waals surface area contributed by atoms with Crippen LogP contribution < -0.4 is 5.32 Å². The van der Waals surface area contributed by atoms with Crippen LogP contribution in [0.5, 0.6) is 0 Å². The van der Waals surface area contributed by atoms with E-state index in [0.717, 1.165) is 29.2 Å². The highest BCUT2D eigenvalue weighted by Gasteiger charge is 2.09. The molecule has 1 N–H and O–H groups in total. The molecular weight excluding hydrogens is 258 g/mol. The van der Waals surface area contributed by atoms with Crippen LogP contribution in [0.25, 0.3) is 5.69 Å². The smallest absolute Gasteiger partial charge is 0.0832 e. The van der Waals surface area contributed by atoms with Gasteiger partial charge in [-0.15, -0.1) is 0 Å². The lowest BCUT2D eigenvalue weighted by Gasteiger charge is -2.15. The Balaban J connectivity index is 2.22. The van der Waals surface area contributed by atoms with Gasteiger partial charge in [0.15, 0.2) is 0 Å². The van der Waals surface area contributed by atoms with Gasteiger partial charge in [0.05, 0.1) is 16.9 Å². The van der Waals surface area contributed by atoms with Crippen LogP contribution >= 0.6 is 11.6 Å². The van der Waals surface area contributed by atoms with Gasteiger partial charge in [-0.3, -0.25) is 0 Å². The van der Waals surface area contributed by atoms with E-state index in [0.29, 0.717) is 6.04 Å². The standard InChI is InChI=1S/C15H20ClN3/c1-4-7-17-12(3)13-5-6-15(14(16)8-13)19-10-11(2)9-18-19/h5-6,8-10,12,17H,4,7H2,1-3H3. The molecule has 0 bridgehead atoms. The molecule has 0 saturated carbocycles. The molecule has 0 aliphatic rings. The molecule has 0 fully saturated rings. The second-order valence-corrected chi connectivity index (χ2v) is 5.26. The molecule has 0 radical (unpaired) electrons. The molecular formula is C15H20ClN3. The van der Waals surface area contributed by atoms with Gasteiger partial charge < -0.3 is 5.32 Å². The Hall–Kier alpha value is -1.32. The molecule has 2 aromatic rings. The van der Waals surface area contributed by atoms with Crippen LogP contribution in [0.15, 0.2) is 30.6 Å². The summed E-state index contributed by atoms with van der Waals surface area (Å²) in [5.74, 6) is 0. The Labute approximate surface area is 119 Å². The zero-order valence-electron chi connectivity index (χ0n) is 11.7. The van der Waals surface area contributed by atoms with Crippen LogP contribution in [-0.2, 0) is 0 Å². The zero-order valence-corrected chi connectivity index (χ0v) is 12.4. The number of nitrogens with zero attached hydrogens (tertiary/aromatic N) is 2. The monoisotopic (exact) mass is 277 g/mol. The number of rotatable bonds is 5. The van der Waals surface area contributed by atoms with Gasteiger partial charge in [0.1, 0.15) is 0 Å².